The summed E-state index contributed by atoms with van der Waals surface area (Å²) < 4.78 is 1.72. The van der Waals surface area contributed by atoms with Gasteiger partial charge in [0.05, 0.1) is 23.0 Å². The maximum atomic E-state index is 6.22. The Bertz CT molecular complexity index is 546. The number of aryl methyl sites for hydroxylation is 1. The molecule has 18 heavy (non-hydrogen) atoms. The molecular weight excluding hydrogens is 293 g/mol. The van der Waals surface area contributed by atoms with Crippen LogP contribution in [0, 0.1) is 0 Å². The highest BCUT2D eigenvalue weighted by molar-refractivity contribution is 6.34. The van der Waals surface area contributed by atoms with E-state index in [-0.39, 0.29) is 6.04 Å². The van der Waals surface area contributed by atoms with Gasteiger partial charge in [0.15, 0.2) is 0 Å². The van der Waals surface area contributed by atoms with Crippen LogP contribution < -0.4 is 5.32 Å². The number of halogens is 3. The second-order valence-electron chi connectivity index (χ2n) is 3.89. The van der Waals surface area contributed by atoms with Gasteiger partial charge in [-0.1, -0.05) is 34.8 Å². The molecular formula is C12H12Cl3N3. The molecule has 0 amide bonds. The molecule has 0 radical (unpaired) electrons. The fourth-order valence-corrected chi connectivity index (χ4v) is 2.60. The molecule has 0 aliphatic rings. The van der Waals surface area contributed by atoms with Gasteiger partial charge in [-0.2, -0.15) is 5.10 Å². The minimum Gasteiger partial charge on any atom is -0.308 e. The van der Waals surface area contributed by atoms with Crippen molar-refractivity contribution in [2.75, 3.05) is 7.05 Å². The van der Waals surface area contributed by atoms with Crippen LogP contribution in [0.15, 0.2) is 24.4 Å². The molecule has 2 rings (SSSR count). The largest absolute Gasteiger partial charge is 0.308 e. The normalized spacial score (nSPS) is 12.7. The average Bonchev–Trinajstić information content (AvgIpc) is 2.66. The zero-order valence-corrected chi connectivity index (χ0v) is 12.2. The Labute approximate surface area is 121 Å². The lowest BCUT2D eigenvalue weighted by Crippen LogP contribution is -2.21. The molecule has 2 aromatic rings. The van der Waals surface area contributed by atoms with Crippen molar-refractivity contribution in [3.8, 4) is 0 Å². The van der Waals surface area contributed by atoms with Gasteiger partial charge in [-0.3, -0.25) is 4.68 Å². The predicted molar refractivity (Wildman–Crippen MR) is 75.6 cm³/mol. The van der Waals surface area contributed by atoms with Gasteiger partial charge in [0, 0.05) is 17.1 Å². The van der Waals surface area contributed by atoms with Gasteiger partial charge in [-0.05, 0) is 30.8 Å². The van der Waals surface area contributed by atoms with Gasteiger partial charge in [0.25, 0.3) is 0 Å². The van der Waals surface area contributed by atoms with E-state index >= 15 is 0 Å². The van der Waals surface area contributed by atoms with E-state index < -0.39 is 0 Å². The van der Waals surface area contributed by atoms with Crippen molar-refractivity contribution in [3.05, 3.63) is 50.7 Å². The van der Waals surface area contributed by atoms with Gasteiger partial charge < -0.3 is 5.32 Å². The lowest BCUT2D eigenvalue weighted by Gasteiger charge is -2.19. The second-order valence-corrected chi connectivity index (χ2v) is 5.14. The molecule has 96 valence electrons. The SMILES string of the molecule is CNC(c1cc(Cl)ccc1Cl)c1c(Cl)cnn1C. The van der Waals surface area contributed by atoms with E-state index in [1.807, 2.05) is 20.2 Å². The summed E-state index contributed by atoms with van der Waals surface area (Å²) in [5, 5.41) is 9.17. The summed E-state index contributed by atoms with van der Waals surface area (Å²) in [7, 11) is 3.68. The Morgan fingerprint density at radius 3 is 2.50 bits per heavy atom. The van der Waals surface area contributed by atoms with Crippen molar-refractivity contribution >= 4 is 34.8 Å². The number of aromatic nitrogens is 2. The van der Waals surface area contributed by atoms with Crippen LogP contribution in [0.5, 0.6) is 0 Å². The first kappa shape index (κ1) is 13.7. The fraction of sp³-hybridized carbons (Fsp3) is 0.250. The van der Waals surface area contributed by atoms with Crippen LogP contribution in [-0.2, 0) is 7.05 Å². The Kier molecular flexibility index (Phi) is 4.17. The van der Waals surface area contributed by atoms with E-state index in [0.717, 1.165) is 11.3 Å². The molecule has 3 nitrogen and oxygen atoms in total. The van der Waals surface area contributed by atoms with Gasteiger partial charge in [0.2, 0.25) is 0 Å². The molecule has 0 spiro atoms. The van der Waals surface area contributed by atoms with E-state index in [2.05, 4.69) is 10.4 Å². The molecule has 0 bridgehead atoms. The maximum absolute atomic E-state index is 6.22. The summed E-state index contributed by atoms with van der Waals surface area (Å²) in [6.07, 6.45) is 1.61. The van der Waals surface area contributed by atoms with Crippen molar-refractivity contribution in [2.45, 2.75) is 6.04 Å². The van der Waals surface area contributed by atoms with E-state index in [1.54, 1.807) is 23.0 Å². The monoisotopic (exact) mass is 303 g/mol. The highest BCUT2D eigenvalue weighted by Gasteiger charge is 2.21. The number of nitrogens with zero attached hydrogens (tertiary/aromatic N) is 2. The van der Waals surface area contributed by atoms with Crippen molar-refractivity contribution in [1.82, 2.24) is 15.1 Å². The minimum absolute atomic E-state index is 0.156. The second kappa shape index (κ2) is 5.49. The van der Waals surface area contributed by atoms with Crippen molar-refractivity contribution in [3.63, 3.8) is 0 Å². The zero-order chi connectivity index (χ0) is 13.3. The van der Waals surface area contributed by atoms with Crippen LogP contribution in [-0.4, -0.2) is 16.8 Å². The third-order valence-corrected chi connectivity index (χ3v) is 3.64. The Balaban J connectivity index is 2.55. The molecule has 1 aromatic carbocycles. The van der Waals surface area contributed by atoms with Gasteiger partial charge >= 0.3 is 0 Å². The molecule has 0 aliphatic carbocycles. The molecule has 0 fully saturated rings. The van der Waals surface area contributed by atoms with E-state index in [4.69, 9.17) is 34.8 Å². The van der Waals surface area contributed by atoms with Crippen LogP contribution in [0.2, 0.25) is 15.1 Å². The molecule has 0 saturated heterocycles. The smallest absolute Gasteiger partial charge is 0.0837 e. The standard InChI is InChI=1S/C12H12Cl3N3/c1-16-11(12-10(15)6-17-18(12)2)8-5-7(13)3-4-9(8)14/h3-6,11,16H,1-2H3. The fourth-order valence-electron chi connectivity index (χ4n) is 1.92. The van der Waals surface area contributed by atoms with Gasteiger partial charge in [-0.25, -0.2) is 0 Å². The maximum Gasteiger partial charge on any atom is 0.0837 e. The molecule has 1 aromatic heterocycles. The summed E-state index contributed by atoms with van der Waals surface area (Å²) in [6.45, 7) is 0. The Morgan fingerprint density at radius 2 is 1.94 bits per heavy atom. The zero-order valence-electron chi connectivity index (χ0n) is 9.92. The summed E-state index contributed by atoms with van der Waals surface area (Å²) in [5.74, 6) is 0. The first-order valence-corrected chi connectivity index (χ1v) is 6.47. The first-order valence-electron chi connectivity index (χ1n) is 5.34. The van der Waals surface area contributed by atoms with Crippen LogP contribution in [0.3, 0.4) is 0 Å². The highest BCUT2D eigenvalue weighted by atomic mass is 35.5. The highest BCUT2D eigenvalue weighted by Crippen LogP contribution is 2.33. The first-order chi connectivity index (χ1) is 8.54. The molecule has 1 unspecified atom stereocenters. The van der Waals surface area contributed by atoms with Crippen molar-refractivity contribution in [2.24, 2.45) is 7.05 Å². The van der Waals surface area contributed by atoms with Crippen LogP contribution in [0.4, 0.5) is 0 Å². The number of hydrogen-bond donors (Lipinski definition) is 1. The van der Waals surface area contributed by atoms with Gasteiger partial charge in [0.1, 0.15) is 0 Å². The molecule has 6 heteroatoms. The van der Waals surface area contributed by atoms with Crippen LogP contribution in [0.25, 0.3) is 0 Å². The Morgan fingerprint density at radius 1 is 1.22 bits per heavy atom. The quantitative estimate of drug-likeness (QED) is 0.937. The predicted octanol–water partition coefficient (Wildman–Crippen LogP) is 3.69. The Hall–Kier alpha value is -0.740. The van der Waals surface area contributed by atoms with Crippen LogP contribution >= 0.6 is 34.8 Å². The lowest BCUT2D eigenvalue weighted by atomic mass is 10.0. The van der Waals surface area contributed by atoms with Gasteiger partial charge in [-0.15, -0.1) is 0 Å². The van der Waals surface area contributed by atoms with E-state index in [0.29, 0.717) is 15.1 Å². The topological polar surface area (TPSA) is 29.9 Å². The average molecular weight is 305 g/mol. The number of hydrogen-bond acceptors (Lipinski definition) is 2. The summed E-state index contributed by atoms with van der Waals surface area (Å²) in [6, 6.07) is 5.20. The molecule has 0 saturated carbocycles. The lowest BCUT2D eigenvalue weighted by molar-refractivity contribution is 0.606. The molecule has 0 aliphatic heterocycles. The molecule has 1 N–H and O–H groups in total. The number of benzene rings is 1. The molecule has 1 atom stereocenters. The van der Waals surface area contributed by atoms with E-state index in [1.165, 1.54) is 0 Å². The summed E-state index contributed by atoms with van der Waals surface area (Å²) in [5.41, 5.74) is 1.72. The summed E-state index contributed by atoms with van der Waals surface area (Å²) >= 11 is 18.4. The van der Waals surface area contributed by atoms with E-state index in [9.17, 15) is 0 Å². The van der Waals surface area contributed by atoms with Crippen molar-refractivity contribution < 1.29 is 0 Å². The third kappa shape index (κ3) is 2.50. The third-order valence-electron chi connectivity index (χ3n) is 2.77. The number of nitrogens with one attached hydrogen (secondary N) is 1. The minimum atomic E-state index is -0.156. The molecule has 1 heterocycles. The summed E-state index contributed by atoms with van der Waals surface area (Å²) in [4.78, 5) is 0. The van der Waals surface area contributed by atoms with Crippen molar-refractivity contribution in [1.29, 1.82) is 0 Å². The van der Waals surface area contributed by atoms with Crippen LogP contribution in [0.1, 0.15) is 17.3 Å². The number of rotatable bonds is 3.